The van der Waals surface area contributed by atoms with Crippen LogP contribution in [0.2, 0.25) is 0 Å². The normalized spacial score (nSPS) is 22.2. The Morgan fingerprint density at radius 1 is 1.22 bits per heavy atom. The SMILES string of the molecule is O=C1C(=CC(Br)=Cc2ccccc2)SC(=S)N1C1CCCCC1. The number of carbonyl (C=O) groups is 1. The van der Waals surface area contributed by atoms with E-state index in [1.165, 1.54) is 31.0 Å². The lowest BCUT2D eigenvalue weighted by Crippen LogP contribution is -2.39. The Labute approximate surface area is 155 Å². The molecule has 2 aliphatic rings. The van der Waals surface area contributed by atoms with E-state index in [1.807, 2.05) is 47.4 Å². The van der Waals surface area contributed by atoms with Gasteiger partial charge in [-0.3, -0.25) is 9.69 Å². The molecule has 0 N–H and O–H groups in total. The maximum atomic E-state index is 12.7. The van der Waals surface area contributed by atoms with Crippen molar-refractivity contribution in [3.8, 4) is 0 Å². The Balaban J connectivity index is 1.77. The Kier molecular flexibility index (Phi) is 5.72. The molecule has 3 rings (SSSR count). The first-order valence-corrected chi connectivity index (χ1v) is 9.86. The first-order chi connectivity index (χ1) is 11.1. The number of allylic oxidation sites excluding steroid dienone is 2. The number of nitrogens with zero attached hydrogens (tertiary/aromatic N) is 1. The molecular formula is C18H18BrNOS2. The number of amides is 1. The molecular weight excluding hydrogens is 390 g/mol. The van der Waals surface area contributed by atoms with Gasteiger partial charge in [0.25, 0.3) is 5.91 Å². The van der Waals surface area contributed by atoms with E-state index in [0.29, 0.717) is 15.3 Å². The van der Waals surface area contributed by atoms with Gasteiger partial charge in [-0.05, 0) is 30.6 Å². The van der Waals surface area contributed by atoms with Crippen molar-refractivity contribution in [2.24, 2.45) is 0 Å². The number of halogens is 1. The van der Waals surface area contributed by atoms with Crippen LogP contribution in [0, 0.1) is 0 Å². The van der Waals surface area contributed by atoms with Crippen molar-refractivity contribution in [3.05, 3.63) is 51.4 Å². The summed E-state index contributed by atoms with van der Waals surface area (Å²) < 4.78 is 1.58. The van der Waals surface area contributed by atoms with E-state index in [0.717, 1.165) is 22.9 Å². The number of benzene rings is 1. The second-order valence-electron chi connectivity index (χ2n) is 5.78. The van der Waals surface area contributed by atoms with E-state index >= 15 is 0 Å². The maximum Gasteiger partial charge on any atom is 0.266 e. The number of rotatable bonds is 3. The van der Waals surface area contributed by atoms with Crippen LogP contribution in [0.25, 0.3) is 6.08 Å². The lowest BCUT2D eigenvalue weighted by atomic mass is 9.94. The molecule has 0 bridgehead atoms. The zero-order valence-electron chi connectivity index (χ0n) is 12.7. The predicted molar refractivity (Wildman–Crippen MR) is 105 cm³/mol. The zero-order valence-corrected chi connectivity index (χ0v) is 15.9. The van der Waals surface area contributed by atoms with E-state index in [9.17, 15) is 4.79 Å². The third-order valence-electron chi connectivity index (χ3n) is 4.14. The minimum absolute atomic E-state index is 0.0605. The average Bonchev–Trinajstić information content (AvgIpc) is 2.83. The van der Waals surface area contributed by atoms with Gasteiger partial charge >= 0.3 is 0 Å². The van der Waals surface area contributed by atoms with E-state index in [2.05, 4.69) is 15.9 Å². The summed E-state index contributed by atoms with van der Waals surface area (Å²) >= 11 is 10.4. The highest BCUT2D eigenvalue weighted by atomic mass is 79.9. The molecule has 23 heavy (non-hydrogen) atoms. The molecule has 0 radical (unpaired) electrons. The zero-order chi connectivity index (χ0) is 16.2. The van der Waals surface area contributed by atoms with Crippen LogP contribution in [-0.4, -0.2) is 21.2 Å². The van der Waals surface area contributed by atoms with Crippen molar-refractivity contribution in [1.82, 2.24) is 4.90 Å². The van der Waals surface area contributed by atoms with Gasteiger partial charge in [-0.15, -0.1) is 0 Å². The van der Waals surface area contributed by atoms with Crippen LogP contribution >= 0.6 is 39.9 Å². The van der Waals surface area contributed by atoms with Crippen molar-refractivity contribution in [3.63, 3.8) is 0 Å². The number of carbonyl (C=O) groups excluding carboxylic acids is 1. The lowest BCUT2D eigenvalue weighted by Gasteiger charge is -2.29. The third-order valence-corrected chi connectivity index (χ3v) is 5.92. The Morgan fingerprint density at radius 2 is 1.91 bits per heavy atom. The molecule has 0 spiro atoms. The molecule has 120 valence electrons. The smallest absolute Gasteiger partial charge is 0.266 e. The molecule has 1 aromatic rings. The Morgan fingerprint density at radius 3 is 2.61 bits per heavy atom. The summed E-state index contributed by atoms with van der Waals surface area (Å²) in [5.74, 6) is 0.0605. The number of thioether (sulfide) groups is 1. The molecule has 1 saturated carbocycles. The number of thiocarbonyl (C=S) groups is 1. The van der Waals surface area contributed by atoms with Gasteiger partial charge in [0, 0.05) is 10.5 Å². The maximum absolute atomic E-state index is 12.7. The van der Waals surface area contributed by atoms with Crippen LogP contribution < -0.4 is 0 Å². The fourth-order valence-corrected chi connectivity index (χ4v) is 5.05. The van der Waals surface area contributed by atoms with Crippen molar-refractivity contribution in [2.45, 2.75) is 38.1 Å². The molecule has 1 amide bonds. The summed E-state index contributed by atoms with van der Waals surface area (Å²) in [6.07, 6.45) is 9.69. The first-order valence-electron chi connectivity index (χ1n) is 7.84. The van der Waals surface area contributed by atoms with E-state index in [4.69, 9.17) is 12.2 Å². The fourth-order valence-electron chi connectivity index (χ4n) is 3.01. The number of hydrogen-bond acceptors (Lipinski definition) is 3. The van der Waals surface area contributed by atoms with Gasteiger partial charge < -0.3 is 0 Å². The van der Waals surface area contributed by atoms with Crippen LogP contribution in [0.5, 0.6) is 0 Å². The standard InChI is InChI=1S/C18H18BrNOS2/c19-14(11-13-7-3-1-4-8-13)12-16-17(21)20(18(22)23-16)15-9-5-2-6-10-15/h1,3-4,7-8,11-12,15H,2,5-6,9-10H2. The second kappa shape index (κ2) is 7.77. The fraction of sp³-hybridized carbons (Fsp3) is 0.333. The molecule has 5 heteroatoms. The summed E-state index contributed by atoms with van der Waals surface area (Å²) in [6.45, 7) is 0. The summed E-state index contributed by atoms with van der Waals surface area (Å²) in [4.78, 5) is 15.3. The lowest BCUT2D eigenvalue weighted by molar-refractivity contribution is -0.124. The van der Waals surface area contributed by atoms with Gasteiger partial charge in [-0.2, -0.15) is 0 Å². The quantitative estimate of drug-likeness (QED) is 0.487. The van der Waals surface area contributed by atoms with Crippen LogP contribution in [0.3, 0.4) is 0 Å². The van der Waals surface area contributed by atoms with Crippen molar-refractivity contribution < 1.29 is 4.79 Å². The summed E-state index contributed by atoms with van der Waals surface area (Å²) in [6, 6.07) is 10.3. The van der Waals surface area contributed by atoms with Gasteiger partial charge in [0.1, 0.15) is 4.32 Å². The molecule has 1 heterocycles. The highest BCUT2D eigenvalue weighted by molar-refractivity contribution is 9.12. The van der Waals surface area contributed by atoms with Gasteiger partial charge in [-0.1, -0.05) is 89.5 Å². The summed E-state index contributed by atoms with van der Waals surface area (Å²) in [5, 5.41) is 0. The molecule has 0 unspecified atom stereocenters. The van der Waals surface area contributed by atoms with E-state index < -0.39 is 0 Å². The summed E-state index contributed by atoms with van der Waals surface area (Å²) in [5.41, 5.74) is 1.10. The highest BCUT2D eigenvalue weighted by Gasteiger charge is 2.37. The first kappa shape index (κ1) is 16.9. The van der Waals surface area contributed by atoms with Crippen LogP contribution in [-0.2, 0) is 4.79 Å². The third kappa shape index (κ3) is 4.14. The van der Waals surface area contributed by atoms with Gasteiger partial charge in [0.2, 0.25) is 0 Å². The van der Waals surface area contributed by atoms with Gasteiger partial charge in [0.15, 0.2) is 0 Å². The highest BCUT2D eigenvalue weighted by Crippen LogP contribution is 2.37. The van der Waals surface area contributed by atoms with Crippen molar-refractivity contribution in [2.75, 3.05) is 0 Å². The summed E-state index contributed by atoms with van der Waals surface area (Å²) in [7, 11) is 0. The van der Waals surface area contributed by atoms with Crippen molar-refractivity contribution in [1.29, 1.82) is 0 Å². The molecule has 1 aromatic carbocycles. The minimum atomic E-state index is 0.0605. The topological polar surface area (TPSA) is 20.3 Å². The van der Waals surface area contributed by atoms with Gasteiger partial charge in [-0.25, -0.2) is 0 Å². The largest absolute Gasteiger partial charge is 0.290 e. The van der Waals surface area contributed by atoms with Crippen molar-refractivity contribution >= 4 is 56.2 Å². The molecule has 1 saturated heterocycles. The molecule has 2 fully saturated rings. The Hall–Kier alpha value is -0.910. The average molecular weight is 408 g/mol. The van der Waals surface area contributed by atoms with Crippen LogP contribution in [0.1, 0.15) is 37.7 Å². The van der Waals surface area contributed by atoms with Crippen LogP contribution in [0.15, 0.2) is 45.8 Å². The van der Waals surface area contributed by atoms with E-state index in [1.54, 1.807) is 0 Å². The molecule has 0 atom stereocenters. The minimum Gasteiger partial charge on any atom is -0.290 e. The second-order valence-corrected chi connectivity index (χ2v) is 8.37. The van der Waals surface area contributed by atoms with Gasteiger partial charge in [0.05, 0.1) is 4.91 Å². The molecule has 2 nitrogen and oxygen atoms in total. The monoisotopic (exact) mass is 407 g/mol. The Bertz CT molecular complexity index is 663. The molecule has 1 aliphatic carbocycles. The predicted octanol–water partition coefficient (Wildman–Crippen LogP) is 5.50. The molecule has 1 aliphatic heterocycles. The van der Waals surface area contributed by atoms with E-state index in [-0.39, 0.29) is 5.91 Å². The number of hydrogen-bond donors (Lipinski definition) is 0. The van der Waals surface area contributed by atoms with Crippen LogP contribution in [0.4, 0.5) is 0 Å². The molecule has 0 aromatic heterocycles.